The third kappa shape index (κ3) is 3.30. The lowest BCUT2D eigenvalue weighted by Crippen LogP contribution is -2.49. The van der Waals surface area contributed by atoms with E-state index in [0.29, 0.717) is 11.6 Å². The van der Waals surface area contributed by atoms with Crippen molar-refractivity contribution < 1.29 is 14.4 Å². The zero-order valence-electron chi connectivity index (χ0n) is 15.9. The van der Waals surface area contributed by atoms with Gasteiger partial charge in [0.1, 0.15) is 6.54 Å². The molecule has 2 atom stereocenters. The van der Waals surface area contributed by atoms with Crippen molar-refractivity contribution in [1.29, 1.82) is 0 Å². The van der Waals surface area contributed by atoms with Crippen LogP contribution in [0, 0.1) is 19.3 Å². The molecule has 128 valence electrons. The number of quaternary nitrogens is 1. The third-order valence-electron chi connectivity index (χ3n) is 5.21. The molecule has 2 rings (SSSR count). The Morgan fingerprint density at radius 3 is 1.96 bits per heavy atom. The summed E-state index contributed by atoms with van der Waals surface area (Å²) in [5.74, 6) is -0.825. The summed E-state index contributed by atoms with van der Waals surface area (Å²) in [6.07, 6.45) is 0. The summed E-state index contributed by atoms with van der Waals surface area (Å²) in [6, 6.07) is 4.67. The van der Waals surface area contributed by atoms with E-state index in [1.54, 1.807) is 0 Å². The molecule has 0 aromatic heterocycles. The Morgan fingerprint density at radius 1 is 1.13 bits per heavy atom. The molecule has 1 saturated heterocycles. The van der Waals surface area contributed by atoms with Crippen LogP contribution in [0.15, 0.2) is 12.1 Å². The van der Waals surface area contributed by atoms with Gasteiger partial charge in [-0.3, -0.25) is 0 Å². The lowest BCUT2D eigenvalue weighted by atomic mass is 9.92. The highest BCUT2D eigenvalue weighted by Crippen LogP contribution is 2.53. The number of rotatable bonds is 3. The Hall–Kier alpha value is -1.35. The van der Waals surface area contributed by atoms with Crippen LogP contribution in [0.1, 0.15) is 74.6 Å². The van der Waals surface area contributed by atoms with E-state index < -0.39 is 5.97 Å². The number of aromatic carboxylic acids is 1. The monoisotopic (exact) mass is 318 g/mol. The molecule has 1 heterocycles. The molecule has 1 aromatic carbocycles. The lowest BCUT2D eigenvalue weighted by Gasteiger charge is -2.39. The van der Waals surface area contributed by atoms with Crippen molar-refractivity contribution in [2.45, 2.75) is 67.0 Å². The predicted octanol–water partition coefficient (Wildman–Crippen LogP) is 4.72. The quantitative estimate of drug-likeness (QED) is 0.647. The summed E-state index contributed by atoms with van der Waals surface area (Å²) in [5, 5.41) is 9.37. The van der Waals surface area contributed by atoms with Gasteiger partial charge in [0.25, 0.3) is 0 Å². The number of carboxylic acids is 1. The number of hydrogen-bond acceptors (Lipinski definition) is 1. The van der Waals surface area contributed by atoms with Crippen molar-refractivity contribution in [3.63, 3.8) is 0 Å². The average Bonchev–Trinajstić information content (AvgIpc) is 2.99. The van der Waals surface area contributed by atoms with Gasteiger partial charge in [0.15, 0.2) is 6.04 Å². The molecule has 3 heteroatoms. The topological polar surface area (TPSA) is 37.3 Å². The first-order valence-corrected chi connectivity index (χ1v) is 8.50. The van der Waals surface area contributed by atoms with Gasteiger partial charge >= 0.3 is 5.97 Å². The molecule has 3 nitrogen and oxygen atoms in total. The summed E-state index contributed by atoms with van der Waals surface area (Å²) < 4.78 is 1.09. The highest BCUT2D eigenvalue weighted by Gasteiger charge is 2.63. The van der Waals surface area contributed by atoms with Crippen LogP contribution in [0.2, 0.25) is 0 Å². The summed E-state index contributed by atoms with van der Waals surface area (Å²) >= 11 is 0. The highest BCUT2D eigenvalue weighted by molar-refractivity contribution is 5.91. The zero-order valence-corrected chi connectivity index (χ0v) is 15.9. The maximum Gasteiger partial charge on any atom is 0.336 e. The van der Waals surface area contributed by atoms with Gasteiger partial charge in [-0.2, -0.15) is 0 Å². The van der Waals surface area contributed by atoms with Crippen LogP contribution in [-0.2, 0) is 0 Å². The van der Waals surface area contributed by atoms with Gasteiger partial charge in [-0.15, -0.1) is 0 Å². The molecular formula is C20H32NO2+. The lowest BCUT2D eigenvalue weighted by molar-refractivity contribution is -0.873. The van der Waals surface area contributed by atoms with E-state index in [-0.39, 0.29) is 11.0 Å². The molecule has 0 spiro atoms. The van der Waals surface area contributed by atoms with Crippen LogP contribution in [-0.4, -0.2) is 34.2 Å². The molecule has 1 fully saturated rings. The maximum atomic E-state index is 11.4. The van der Waals surface area contributed by atoms with Gasteiger partial charge in [-0.05, 0) is 57.9 Å². The first-order chi connectivity index (χ1) is 10.3. The number of benzene rings is 1. The molecule has 1 N–H and O–H groups in total. The van der Waals surface area contributed by atoms with Gasteiger partial charge in [0.05, 0.1) is 17.6 Å². The second-order valence-electron chi connectivity index (χ2n) is 9.46. The third-order valence-corrected chi connectivity index (χ3v) is 5.21. The van der Waals surface area contributed by atoms with Gasteiger partial charge in [0, 0.05) is 11.0 Å². The molecule has 23 heavy (non-hydrogen) atoms. The minimum absolute atomic E-state index is 0.186. The van der Waals surface area contributed by atoms with E-state index in [4.69, 9.17) is 0 Å². The van der Waals surface area contributed by atoms with E-state index >= 15 is 0 Å². The van der Waals surface area contributed by atoms with Crippen LogP contribution in [0.25, 0.3) is 0 Å². The molecule has 0 saturated carbocycles. The fourth-order valence-electron chi connectivity index (χ4n) is 4.18. The molecule has 0 bridgehead atoms. The van der Waals surface area contributed by atoms with Gasteiger partial charge in [-0.25, -0.2) is 4.79 Å². The molecule has 2 unspecified atom stereocenters. The average molecular weight is 318 g/mol. The summed E-state index contributed by atoms with van der Waals surface area (Å²) in [7, 11) is 0. The van der Waals surface area contributed by atoms with Crippen LogP contribution < -0.4 is 0 Å². The highest BCUT2D eigenvalue weighted by atomic mass is 16.4. The minimum atomic E-state index is -0.825. The Labute approximate surface area is 140 Å². The summed E-state index contributed by atoms with van der Waals surface area (Å²) in [4.78, 5) is 11.4. The number of carboxylic acid groups (broad SMARTS) is 1. The minimum Gasteiger partial charge on any atom is -0.478 e. The first-order valence-electron chi connectivity index (χ1n) is 8.50. The van der Waals surface area contributed by atoms with E-state index in [0.717, 1.165) is 28.7 Å². The largest absolute Gasteiger partial charge is 0.478 e. The van der Waals surface area contributed by atoms with Crippen LogP contribution >= 0.6 is 0 Å². The molecule has 0 aliphatic carbocycles. The Morgan fingerprint density at radius 2 is 1.61 bits per heavy atom. The van der Waals surface area contributed by atoms with E-state index in [9.17, 15) is 9.90 Å². The smallest absolute Gasteiger partial charge is 0.336 e. The molecule has 0 radical (unpaired) electrons. The predicted molar refractivity (Wildman–Crippen MR) is 94.8 cm³/mol. The first kappa shape index (κ1) is 18.0. The summed E-state index contributed by atoms with van der Waals surface area (Å²) in [5.41, 5.74) is 3.96. The second-order valence-corrected chi connectivity index (χ2v) is 9.46. The fraction of sp³-hybridized carbons (Fsp3) is 0.650. The normalized spacial score (nSPS) is 24.6. The molecule has 0 amide bonds. The number of hydrogen-bond donors (Lipinski definition) is 1. The number of aryl methyl sites for hydroxylation is 2. The van der Waals surface area contributed by atoms with Crippen molar-refractivity contribution in [3.05, 3.63) is 34.4 Å². The van der Waals surface area contributed by atoms with Crippen LogP contribution in [0.4, 0.5) is 0 Å². The van der Waals surface area contributed by atoms with Gasteiger partial charge in [-0.1, -0.05) is 20.8 Å². The molecule has 1 aliphatic rings. The van der Waals surface area contributed by atoms with Crippen molar-refractivity contribution in [2.75, 3.05) is 13.1 Å². The molecule has 1 aliphatic heterocycles. The van der Waals surface area contributed by atoms with Crippen molar-refractivity contribution in [1.82, 2.24) is 0 Å². The molecule has 1 aromatic rings. The van der Waals surface area contributed by atoms with Crippen LogP contribution in [0.3, 0.4) is 0 Å². The SMILES string of the molecule is Cc1cc(C2C[N+]2(CC(C)(C)C)C(C)(C)C)cc(C)c1C(=O)O. The number of carbonyl (C=O) groups is 1. The van der Waals surface area contributed by atoms with Crippen molar-refractivity contribution in [2.24, 2.45) is 5.41 Å². The Kier molecular flexibility index (Phi) is 4.18. The second kappa shape index (κ2) is 5.34. The van der Waals surface area contributed by atoms with Crippen molar-refractivity contribution in [3.8, 4) is 0 Å². The van der Waals surface area contributed by atoms with E-state index in [1.165, 1.54) is 5.56 Å². The van der Waals surface area contributed by atoms with Crippen molar-refractivity contribution >= 4 is 5.97 Å². The van der Waals surface area contributed by atoms with Gasteiger partial charge < -0.3 is 9.59 Å². The van der Waals surface area contributed by atoms with E-state index in [2.05, 4.69) is 53.7 Å². The van der Waals surface area contributed by atoms with E-state index in [1.807, 2.05) is 13.8 Å². The maximum absolute atomic E-state index is 11.4. The number of nitrogens with zero attached hydrogens (tertiary/aromatic N) is 1. The van der Waals surface area contributed by atoms with Crippen LogP contribution in [0.5, 0.6) is 0 Å². The fourth-order valence-corrected chi connectivity index (χ4v) is 4.18. The zero-order chi connectivity index (χ0) is 17.8. The Balaban J connectivity index is 2.42. The summed E-state index contributed by atoms with van der Waals surface area (Å²) in [6.45, 7) is 20.0. The standard InChI is InChI=1S/C20H31NO2/c1-13-9-15(10-14(2)17(13)18(22)23)16-11-21(16,20(6,7)8)12-19(3,4)5/h9-10,16H,11-12H2,1-8H3/p+1. The Bertz CT molecular complexity index is 611. The molecular weight excluding hydrogens is 286 g/mol. The van der Waals surface area contributed by atoms with Gasteiger partial charge in [0.2, 0.25) is 0 Å².